The van der Waals surface area contributed by atoms with E-state index in [1.807, 2.05) is 31.2 Å². The number of benzene rings is 2. The Kier molecular flexibility index (Phi) is 5.40. The third kappa shape index (κ3) is 4.61. The first kappa shape index (κ1) is 19.5. The Morgan fingerprint density at radius 3 is 2.27 bits per heavy atom. The number of pyridine rings is 1. The molecule has 0 unspecified atom stereocenters. The molecule has 2 heterocycles. The number of nitrogens with one attached hydrogen (secondary N) is 1. The Labute approximate surface area is 174 Å². The van der Waals surface area contributed by atoms with Gasteiger partial charge in [0.05, 0.1) is 10.6 Å². The van der Waals surface area contributed by atoms with Crippen molar-refractivity contribution in [3.05, 3.63) is 90.8 Å². The Morgan fingerprint density at radius 2 is 1.57 bits per heavy atom. The van der Waals surface area contributed by atoms with Gasteiger partial charge in [0.15, 0.2) is 0 Å². The summed E-state index contributed by atoms with van der Waals surface area (Å²) in [6.45, 7) is 1.87. The molecule has 0 fully saturated rings. The predicted octanol–water partition coefficient (Wildman–Crippen LogP) is 4.44. The molecular weight excluding hydrogens is 400 g/mol. The highest BCUT2D eigenvalue weighted by atomic mass is 32.2. The van der Waals surface area contributed by atoms with Crippen LogP contribution in [-0.2, 0) is 10.0 Å². The van der Waals surface area contributed by atoms with E-state index in [9.17, 15) is 8.42 Å². The second-order valence-electron chi connectivity index (χ2n) is 6.43. The monoisotopic (exact) mass is 418 g/mol. The summed E-state index contributed by atoms with van der Waals surface area (Å²) in [6, 6.07) is 22.4. The zero-order chi connectivity index (χ0) is 21.0. The summed E-state index contributed by atoms with van der Waals surface area (Å²) in [5, 5.41) is 0. The molecule has 0 saturated heterocycles. The average molecular weight is 418 g/mol. The van der Waals surface area contributed by atoms with Crippen molar-refractivity contribution in [3.63, 3.8) is 0 Å². The molecule has 2 aromatic carbocycles. The highest BCUT2D eigenvalue weighted by Crippen LogP contribution is 2.27. The molecule has 4 aromatic rings. The zero-order valence-corrected chi connectivity index (χ0v) is 16.9. The van der Waals surface area contributed by atoms with Gasteiger partial charge in [-0.05, 0) is 43.3 Å². The van der Waals surface area contributed by atoms with Crippen LogP contribution in [0.2, 0.25) is 0 Å². The van der Waals surface area contributed by atoms with Crippen LogP contribution < -0.4 is 9.46 Å². The van der Waals surface area contributed by atoms with Crippen molar-refractivity contribution in [1.82, 2.24) is 15.0 Å². The summed E-state index contributed by atoms with van der Waals surface area (Å²) in [4.78, 5) is 12.9. The predicted molar refractivity (Wildman–Crippen MR) is 114 cm³/mol. The number of ether oxygens (including phenoxy) is 1. The van der Waals surface area contributed by atoms with E-state index in [1.165, 1.54) is 12.1 Å². The van der Waals surface area contributed by atoms with E-state index in [0.717, 1.165) is 11.3 Å². The fraction of sp³-hybridized carbons (Fsp3) is 0.0455. The summed E-state index contributed by atoms with van der Waals surface area (Å²) in [5.41, 5.74) is 2.08. The molecule has 150 valence electrons. The minimum atomic E-state index is -3.85. The second-order valence-corrected chi connectivity index (χ2v) is 8.12. The van der Waals surface area contributed by atoms with E-state index in [4.69, 9.17) is 4.74 Å². The normalized spacial score (nSPS) is 11.1. The van der Waals surface area contributed by atoms with Crippen molar-refractivity contribution in [3.8, 4) is 22.9 Å². The van der Waals surface area contributed by atoms with Crippen LogP contribution >= 0.6 is 0 Å². The molecule has 1 N–H and O–H groups in total. The standard InChI is InChI=1S/C22H18N4O3S/c1-16-14-17(12-13-23-16)20-15-21(29-18-8-4-2-5-9-18)25-22(24-20)26-30(27,28)19-10-6-3-7-11-19/h2-15H,1H3,(H,24,25,26). The first-order valence-corrected chi connectivity index (χ1v) is 10.6. The number of hydrogen-bond donors (Lipinski definition) is 1. The fourth-order valence-electron chi connectivity index (χ4n) is 2.76. The van der Waals surface area contributed by atoms with Gasteiger partial charge >= 0.3 is 0 Å². The Hall–Kier alpha value is -3.78. The summed E-state index contributed by atoms with van der Waals surface area (Å²) in [6.07, 6.45) is 1.66. The Balaban J connectivity index is 1.75. The van der Waals surface area contributed by atoms with E-state index in [-0.39, 0.29) is 16.7 Å². The van der Waals surface area contributed by atoms with Gasteiger partial charge in [0, 0.05) is 23.5 Å². The first-order chi connectivity index (χ1) is 14.5. The average Bonchev–Trinajstić information content (AvgIpc) is 2.75. The molecule has 4 rings (SSSR count). The summed E-state index contributed by atoms with van der Waals surface area (Å²) < 4.78 is 33.7. The minimum absolute atomic E-state index is 0.0863. The van der Waals surface area contributed by atoms with E-state index in [0.29, 0.717) is 11.4 Å². The van der Waals surface area contributed by atoms with Crippen LogP contribution in [0.5, 0.6) is 11.6 Å². The molecule has 30 heavy (non-hydrogen) atoms. The lowest BCUT2D eigenvalue weighted by Gasteiger charge is -2.11. The quantitative estimate of drug-likeness (QED) is 0.497. The molecule has 0 saturated carbocycles. The first-order valence-electron chi connectivity index (χ1n) is 9.12. The smallest absolute Gasteiger partial charge is 0.264 e. The molecule has 0 atom stereocenters. The van der Waals surface area contributed by atoms with Gasteiger partial charge in [0.1, 0.15) is 5.75 Å². The van der Waals surface area contributed by atoms with Gasteiger partial charge < -0.3 is 4.74 Å². The lowest BCUT2D eigenvalue weighted by Crippen LogP contribution is -2.15. The number of anilines is 1. The van der Waals surface area contributed by atoms with Gasteiger partial charge in [0.2, 0.25) is 11.8 Å². The van der Waals surface area contributed by atoms with Crippen molar-refractivity contribution in [2.75, 3.05) is 4.72 Å². The van der Waals surface area contributed by atoms with Crippen LogP contribution in [0, 0.1) is 6.92 Å². The molecule has 7 nitrogen and oxygen atoms in total. The van der Waals surface area contributed by atoms with Crippen LogP contribution in [0.15, 0.2) is 90.0 Å². The van der Waals surface area contributed by atoms with Gasteiger partial charge in [-0.1, -0.05) is 36.4 Å². The maximum atomic E-state index is 12.7. The minimum Gasteiger partial charge on any atom is -0.439 e. The van der Waals surface area contributed by atoms with Gasteiger partial charge in [-0.3, -0.25) is 4.98 Å². The van der Waals surface area contributed by atoms with Gasteiger partial charge in [-0.25, -0.2) is 18.1 Å². The van der Waals surface area contributed by atoms with Crippen LogP contribution in [0.3, 0.4) is 0 Å². The maximum Gasteiger partial charge on any atom is 0.264 e. The lowest BCUT2D eigenvalue weighted by atomic mass is 10.1. The number of para-hydroxylation sites is 1. The zero-order valence-electron chi connectivity index (χ0n) is 16.1. The van der Waals surface area contributed by atoms with E-state index < -0.39 is 10.0 Å². The second kappa shape index (κ2) is 8.30. The van der Waals surface area contributed by atoms with Crippen molar-refractivity contribution in [1.29, 1.82) is 0 Å². The summed E-state index contributed by atoms with van der Waals surface area (Å²) in [7, 11) is -3.85. The molecule has 0 bridgehead atoms. The van der Waals surface area contributed by atoms with Gasteiger partial charge in [0.25, 0.3) is 10.0 Å². The van der Waals surface area contributed by atoms with Crippen molar-refractivity contribution >= 4 is 16.0 Å². The van der Waals surface area contributed by atoms with E-state index >= 15 is 0 Å². The van der Waals surface area contributed by atoms with Crippen LogP contribution in [0.4, 0.5) is 5.95 Å². The van der Waals surface area contributed by atoms with E-state index in [2.05, 4.69) is 19.7 Å². The van der Waals surface area contributed by atoms with Crippen molar-refractivity contribution in [2.24, 2.45) is 0 Å². The van der Waals surface area contributed by atoms with Crippen molar-refractivity contribution < 1.29 is 13.2 Å². The SMILES string of the molecule is Cc1cc(-c2cc(Oc3ccccc3)nc(NS(=O)(=O)c3ccccc3)n2)ccn1. The largest absolute Gasteiger partial charge is 0.439 e. The number of aromatic nitrogens is 3. The summed E-state index contributed by atoms with van der Waals surface area (Å²) >= 11 is 0. The number of aryl methyl sites for hydroxylation is 1. The molecular formula is C22H18N4O3S. The number of nitrogens with zero attached hydrogens (tertiary/aromatic N) is 3. The van der Waals surface area contributed by atoms with Crippen LogP contribution in [0.1, 0.15) is 5.69 Å². The van der Waals surface area contributed by atoms with Gasteiger partial charge in [-0.2, -0.15) is 4.98 Å². The summed E-state index contributed by atoms with van der Waals surface area (Å²) in [5.74, 6) is 0.702. The molecule has 0 aliphatic rings. The number of hydrogen-bond acceptors (Lipinski definition) is 6. The third-order valence-corrected chi connectivity index (χ3v) is 5.48. The van der Waals surface area contributed by atoms with Gasteiger partial charge in [-0.15, -0.1) is 0 Å². The Morgan fingerprint density at radius 1 is 0.867 bits per heavy atom. The number of rotatable bonds is 6. The Bertz CT molecular complexity index is 1260. The molecule has 2 aromatic heterocycles. The lowest BCUT2D eigenvalue weighted by molar-refractivity contribution is 0.463. The van der Waals surface area contributed by atoms with Crippen LogP contribution in [-0.4, -0.2) is 23.4 Å². The molecule has 0 aliphatic heterocycles. The highest BCUT2D eigenvalue weighted by molar-refractivity contribution is 7.92. The third-order valence-electron chi connectivity index (χ3n) is 4.14. The molecule has 0 amide bonds. The molecule has 8 heteroatoms. The highest BCUT2D eigenvalue weighted by Gasteiger charge is 2.17. The number of sulfonamides is 1. The topological polar surface area (TPSA) is 94.1 Å². The fourth-order valence-corrected chi connectivity index (χ4v) is 3.73. The molecule has 0 aliphatic carbocycles. The van der Waals surface area contributed by atoms with Crippen molar-refractivity contribution in [2.45, 2.75) is 11.8 Å². The molecule has 0 radical (unpaired) electrons. The van der Waals surface area contributed by atoms with Crippen LogP contribution in [0.25, 0.3) is 11.3 Å². The molecule has 0 spiro atoms. The maximum absolute atomic E-state index is 12.7. The van der Waals surface area contributed by atoms with E-state index in [1.54, 1.807) is 48.7 Å².